The summed E-state index contributed by atoms with van der Waals surface area (Å²) >= 11 is 1.15. The fourth-order valence-electron chi connectivity index (χ4n) is 2.58. The summed E-state index contributed by atoms with van der Waals surface area (Å²) in [5.74, 6) is -0.569. The second-order valence-corrected chi connectivity index (χ2v) is 7.07. The van der Waals surface area contributed by atoms with Crippen LogP contribution in [0, 0.1) is 0 Å². The van der Waals surface area contributed by atoms with Crippen molar-refractivity contribution in [1.82, 2.24) is 15.1 Å². The quantitative estimate of drug-likeness (QED) is 0.687. The molecule has 1 unspecified atom stereocenters. The number of carbonyl (C=O) groups is 2. The Balaban J connectivity index is 2.18. The SMILES string of the molecule is CCc1nn(C)c(OC)c1CNC(=O)c1ccccc1SC(C)C(=O)O. The molecule has 1 atom stereocenters. The lowest BCUT2D eigenvalue weighted by molar-refractivity contribution is -0.136. The molecular weight excluding hydrogens is 354 g/mol. The van der Waals surface area contributed by atoms with Crippen LogP contribution in [0.4, 0.5) is 0 Å². The molecule has 1 aromatic heterocycles. The minimum absolute atomic E-state index is 0.265. The molecule has 1 aromatic carbocycles. The van der Waals surface area contributed by atoms with Gasteiger partial charge >= 0.3 is 5.97 Å². The van der Waals surface area contributed by atoms with Gasteiger partial charge in [-0.15, -0.1) is 11.8 Å². The van der Waals surface area contributed by atoms with Gasteiger partial charge in [0.2, 0.25) is 5.88 Å². The van der Waals surface area contributed by atoms with Gasteiger partial charge in [0.15, 0.2) is 0 Å². The predicted octanol–water partition coefficient (Wildman–Crippen LogP) is 2.49. The lowest BCUT2D eigenvalue weighted by Crippen LogP contribution is -2.24. The zero-order valence-electron chi connectivity index (χ0n) is 15.3. The van der Waals surface area contributed by atoms with E-state index in [4.69, 9.17) is 9.84 Å². The Kier molecular flexibility index (Phi) is 6.68. The average Bonchev–Trinajstić information content (AvgIpc) is 2.94. The van der Waals surface area contributed by atoms with Gasteiger partial charge in [0, 0.05) is 11.9 Å². The van der Waals surface area contributed by atoms with Gasteiger partial charge in [-0.1, -0.05) is 19.1 Å². The van der Waals surface area contributed by atoms with Gasteiger partial charge in [0.05, 0.1) is 30.5 Å². The largest absolute Gasteiger partial charge is 0.481 e. The third-order valence-electron chi connectivity index (χ3n) is 3.91. The summed E-state index contributed by atoms with van der Waals surface area (Å²) in [5, 5.41) is 15.7. The molecule has 0 saturated carbocycles. The topological polar surface area (TPSA) is 93.5 Å². The van der Waals surface area contributed by atoms with Crippen molar-refractivity contribution in [3.8, 4) is 5.88 Å². The number of aliphatic carboxylic acids is 1. The van der Waals surface area contributed by atoms with Crippen LogP contribution < -0.4 is 10.1 Å². The zero-order chi connectivity index (χ0) is 19.3. The Labute approximate surface area is 156 Å². The Morgan fingerprint density at radius 3 is 2.69 bits per heavy atom. The van der Waals surface area contributed by atoms with E-state index in [1.165, 1.54) is 0 Å². The van der Waals surface area contributed by atoms with Gasteiger partial charge in [-0.3, -0.25) is 9.59 Å². The molecule has 2 aromatic rings. The van der Waals surface area contributed by atoms with Gasteiger partial charge in [-0.2, -0.15) is 5.10 Å². The fourth-order valence-corrected chi connectivity index (χ4v) is 3.51. The number of thioether (sulfide) groups is 1. The van der Waals surface area contributed by atoms with E-state index in [1.54, 1.807) is 50.0 Å². The van der Waals surface area contributed by atoms with Crippen LogP contribution in [0.2, 0.25) is 0 Å². The number of carboxylic acid groups (broad SMARTS) is 1. The molecule has 0 aliphatic rings. The Morgan fingerprint density at radius 2 is 2.08 bits per heavy atom. The van der Waals surface area contributed by atoms with Crippen molar-refractivity contribution in [2.45, 2.75) is 37.0 Å². The van der Waals surface area contributed by atoms with Crippen molar-refractivity contribution in [2.75, 3.05) is 7.11 Å². The average molecular weight is 377 g/mol. The number of hydrogen-bond donors (Lipinski definition) is 2. The van der Waals surface area contributed by atoms with Crippen LogP contribution in [0.5, 0.6) is 5.88 Å². The van der Waals surface area contributed by atoms with Crippen molar-refractivity contribution in [3.05, 3.63) is 41.1 Å². The number of amides is 1. The maximum absolute atomic E-state index is 12.7. The van der Waals surface area contributed by atoms with Crippen LogP contribution in [0.1, 0.15) is 35.5 Å². The van der Waals surface area contributed by atoms with Crippen molar-refractivity contribution < 1.29 is 19.4 Å². The number of methoxy groups -OCH3 is 1. The Bertz CT molecular complexity index is 804. The molecule has 26 heavy (non-hydrogen) atoms. The van der Waals surface area contributed by atoms with Crippen molar-refractivity contribution in [3.63, 3.8) is 0 Å². The first kappa shape index (κ1) is 19.8. The number of nitrogens with zero attached hydrogens (tertiary/aromatic N) is 2. The molecular formula is C18H23N3O4S. The molecule has 1 amide bonds. The molecule has 0 spiro atoms. The van der Waals surface area contributed by atoms with E-state index < -0.39 is 11.2 Å². The molecule has 140 valence electrons. The third kappa shape index (κ3) is 4.37. The van der Waals surface area contributed by atoms with Gasteiger partial charge in [0.1, 0.15) is 5.25 Å². The van der Waals surface area contributed by atoms with E-state index in [9.17, 15) is 9.59 Å². The minimum Gasteiger partial charge on any atom is -0.481 e. The second kappa shape index (κ2) is 8.75. The maximum atomic E-state index is 12.7. The summed E-state index contributed by atoms with van der Waals surface area (Å²) in [6.07, 6.45) is 0.727. The van der Waals surface area contributed by atoms with Gasteiger partial charge in [-0.05, 0) is 25.5 Å². The molecule has 7 nitrogen and oxygen atoms in total. The molecule has 8 heteroatoms. The summed E-state index contributed by atoms with van der Waals surface area (Å²) in [4.78, 5) is 24.4. The van der Waals surface area contributed by atoms with Gasteiger partial charge in [-0.25, -0.2) is 4.68 Å². The number of carbonyl (C=O) groups excluding carboxylic acids is 1. The second-order valence-electron chi connectivity index (χ2n) is 5.69. The maximum Gasteiger partial charge on any atom is 0.316 e. The first-order valence-electron chi connectivity index (χ1n) is 8.24. The smallest absolute Gasteiger partial charge is 0.316 e. The molecule has 2 N–H and O–H groups in total. The first-order valence-corrected chi connectivity index (χ1v) is 9.12. The molecule has 0 fully saturated rings. The number of aromatic nitrogens is 2. The fraction of sp³-hybridized carbons (Fsp3) is 0.389. The summed E-state index contributed by atoms with van der Waals surface area (Å²) in [6.45, 7) is 3.87. The van der Waals surface area contributed by atoms with Crippen LogP contribution >= 0.6 is 11.8 Å². The minimum atomic E-state index is -0.919. The lowest BCUT2D eigenvalue weighted by atomic mass is 10.1. The van der Waals surface area contributed by atoms with Crippen molar-refractivity contribution in [2.24, 2.45) is 7.05 Å². The third-order valence-corrected chi connectivity index (χ3v) is 5.07. The van der Waals surface area contributed by atoms with Crippen molar-refractivity contribution in [1.29, 1.82) is 0 Å². The highest BCUT2D eigenvalue weighted by atomic mass is 32.2. The number of nitrogens with one attached hydrogen (secondary N) is 1. The van der Waals surface area contributed by atoms with E-state index in [-0.39, 0.29) is 12.5 Å². The van der Waals surface area contributed by atoms with E-state index in [1.807, 2.05) is 6.92 Å². The standard InChI is InChI=1S/C18H23N3O4S/c1-5-14-13(17(25-4)21(3)20-14)10-19-16(22)12-8-6-7-9-15(12)26-11(2)18(23)24/h6-9,11H,5,10H2,1-4H3,(H,19,22)(H,23,24). The normalized spacial score (nSPS) is 11.8. The lowest BCUT2D eigenvalue weighted by Gasteiger charge is -2.12. The predicted molar refractivity (Wildman–Crippen MR) is 99.7 cm³/mol. The number of benzene rings is 1. The number of carboxylic acids is 1. The summed E-state index contributed by atoms with van der Waals surface area (Å²) in [6, 6.07) is 6.98. The molecule has 0 aliphatic heterocycles. The van der Waals surface area contributed by atoms with Gasteiger partial charge in [0.25, 0.3) is 5.91 Å². The molecule has 1 heterocycles. The molecule has 0 radical (unpaired) electrons. The number of rotatable bonds is 8. The summed E-state index contributed by atoms with van der Waals surface area (Å²) in [7, 11) is 3.36. The van der Waals surface area contributed by atoms with Crippen LogP contribution in [-0.2, 0) is 24.8 Å². The van der Waals surface area contributed by atoms with Crippen LogP contribution in [0.3, 0.4) is 0 Å². The molecule has 0 saturated heterocycles. The highest BCUT2D eigenvalue weighted by Gasteiger charge is 2.20. The van der Waals surface area contributed by atoms with Crippen molar-refractivity contribution >= 4 is 23.6 Å². The van der Waals surface area contributed by atoms with E-state index >= 15 is 0 Å². The number of hydrogen-bond acceptors (Lipinski definition) is 5. The van der Waals surface area contributed by atoms with E-state index in [2.05, 4.69) is 10.4 Å². The summed E-state index contributed by atoms with van der Waals surface area (Å²) < 4.78 is 7.03. The number of ether oxygens (including phenoxy) is 1. The van der Waals surface area contributed by atoms with E-state index in [0.29, 0.717) is 16.3 Å². The van der Waals surface area contributed by atoms with Gasteiger partial charge < -0.3 is 15.2 Å². The van der Waals surface area contributed by atoms with Crippen LogP contribution in [-0.4, -0.2) is 39.1 Å². The highest BCUT2D eigenvalue weighted by Crippen LogP contribution is 2.27. The molecule has 2 rings (SSSR count). The van der Waals surface area contributed by atoms with E-state index in [0.717, 1.165) is 29.4 Å². The first-order chi connectivity index (χ1) is 12.4. The highest BCUT2D eigenvalue weighted by molar-refractivity contribution is 8.00. The monoisotopic (exact) mass is 377 g/mol. The Hall–Kier alpha value is -2.48. The zero-order valence-corrected chi connectivity index (χ0v) is 16.1. The summed E-state index contributed by atoms with van der Waals surface area (Å²) in [5.41, 5.74) is 2.16. The number of aryl methyl sites for hydroxylation is 2. The van der Waals surface area contributed by atoms with Crippen LogP contribution in [0.15, 0.2) is 29.2 Å². The Morgan fingerprint density at radius 1 is 1.38 bits per heavy atom. The molecule has 0 bridgehead atoms. The van der Waals surface area contributed by atoms with Crippen LogP contribution in [0.25, 0.3) is 0 Å². The molecule has 0 aliphatic carbocycles.